The fraction of sp³-hybridized carbons (Fsp3) is 0.324. The Balaban J connectivity index is 1.08. The fourth-order valence-electron chi connectivity index (χ4n) is 6.00. The van der Waals surface area contributed by atoms with Crippen LogP contribution in [0.3, 0.4) is 0 Å². The van der Waals surface area contributed by atoms with Crippen molar-refractivity contribution >= 4 is 28.5 Å². The molecule has 3 aromatic carbocycles. The van der Waals surface area contributed by atoms with Crippen LogP contribution in [0.25, 0.3) is 10.9 Å². The van der Waals surface area contributed by atoms with E-state index in [-0.39, 0.29) is 24.1 Å². The number of ether oxygens (including phenoxy) is 4. The number of amides is 1. The van der Waals surface area contributed by atoms with Crippen molar-refractivity contribution in [2.75, 3.05) is 19.0 Å². The number of aromatic nitrogens is 1. The smallest absolute Gasteiger partial charge is 0.323 e. The second-order valence-electron chi connectivity index (χ2n) is 11.3. The molecular formula is C34H35N3O6. The van der Waals surface area contributed by atoms with Crippen molar-refractivity contribution in [2.24, 2.45) is 11.7 Å². The first kappa shape index (κ1) is 28.5. The molecule has 1 heterocycles. The first-order valence-corrected chi connectivity index (χ1v) is 14.6. The number of methoxy groups -OCH3 is 1. The molecule has 2 bridgehead atoms. The maximum atomic E-state index is 12.7. The summed E-state index contributed by atoms with van der Waals surface area (Å²) in [4.78, 5) is 29.6. The molecule has 43 heavy (non-hydrogen) atoms. The van der Waals surface area contributed by atoms with Crippen LogP contribution >= 0.6 is 0 Å². The number of pyridine rings is 1. The molecule has 0 radical (unpaired) electrons. The third-order valence-corrected chi connectivity index (χ3v) is 8.35. The van der Waals surface area contributed by atoms with Gasteiger partial charge in [-0.1, -0.05) is 18.2 Å². The molecule has 1 atom stereocenters. The lowest BCUT2D eigenvalue weighted by Gasteiger charge is -2.28. The van der Waals surface area contributed by atoms with E-state index in [1.807, 2.05) is 24.3 Å². The van der Waals surface area contributed by atoms with Gasteiger partial charge in [0.2, 0.25) is 0 Å². The highest BCUT2D eigenvalue weighted by molar-refractivity contribution is 6.04. The predicted molar refractivity (Wildman–Crippen MR) is 163 cm³/mol. The quantitative estimate of drug-likeness (QED) is 0.199. The summed E-state index contributed by atoms with van der Waals surface area (Å²) in [5, 5.41) is 3.62. The monoisotopic (exact) mass is 581 g/mol. The van der Waals surface area contributed by atoms with Gasteiger partial charge in [0, 0.05) is 35.3 Å². The molecule has 222 valence electrons. The summed E-state index contributed by atoms with van der Waals surface area (Å²) in [6, 6.07) is 20.8. The number of carbonyl (C=O) groups is 2. The van der Waals surface area contributed by atoms with Crippen LogP contribution in [0.4, 0.5) is 5.69 Å². The lowest BCUT2D eigenvalue weighted by Crippen LogP contribution is -2.40. The summed E-state index contributed by atoms with van der Waals surface area (Å²) >= 11 is 0. The number of esters is 1. The summed E-state index contributed by atoms with van der Waals surface area (Å²) in [5.41, 5.74) is 7.76. The molecule has 6 rings (SSSR count). The zero-order valence-electron chi connectivity index (χ0n) is 24.1. The Morgan fingerprint density at radius 1 is 1.00 bits per heavy atom. The van der Waals surface area contributed by atoms with Gasteiger partial charge in [-0.25, -0.2) is 0 Å². The third kappa shape index (κ3) is 6.41. The molecule has 1 unspecified atom stereocenters. The van der Waals surface area contributed by atoms with Crippen molar-refractivity contribution in [3.05, 3.63) is 84.6 Å². The number of nitrogens with one attached hydrogen (secondary N) is 1. The van der Waals surface area contributed by atoms with Crippen LogP contribution in [0, 0.1) is 5.92 Å². The van der Waals surface area contributed by atoms with Gasteiger partial charge < -0.3 is 30.0 Å². The zero-order valence-corrected chi connectivity index (χ0v) is 24.1. The molecule has 3 N–H and O–H groups in total. The predicted octanol–water partition coefficient (Wildman–Crippen LogP) is 6.26. The summed E-state index contributed by atoms with van der Waals surface area (Å²) in [5.74, 6) is 2.32. The zero-order chi connectivity index (χ0) is 29.8. The molecule has 2 fully saturated rings. The molecule has 2 aliphatic rings. The maximum absolute atomic E-state index is 12.7. The number of benzene rings is 3. The number of hydrogen-bond donors (Lipinski definition) is 2. The molecule has 0 spiro atoms. The van der Waals surface area contributed by atoms with Crippen molar-refractivity contribution in [3.8, 4) is 23.0 Å². The Kier molecular flexibility index (Phi) is 8.16. The molecule has 1 aromatic heterocycles. The number of carbonyl (C=O) groups excluding carboxylic acids is 2. The second-order valence-corrected chi connectivity index (χ2v) is 11.3. The molecular weight excluding hydrogens is 546 g/mol. The van der Waals surface area contributed by atoms with Gasteiger partial charge in [-0.2, -0.15) is 0 Å². The van der Waals surface area contributed by atoms with Gasteiger partial charge in [0.15, 0.2) is 11.5 Å². The summed E-state index contributed by atoms with van der Waals surface area (Å²) in [6.07, 6.45) is 7.09. The molecule has 2 aliphatic carbocycles. The van der Waals surface area contributed by atoms with Crippen LogP contribution < -0.4 is 25.3 Å². The lowest BCUT2D eigenvalue weighted by molar-refractivity contribution is -0.160. The Morgan fingerprint density at radius 3 is 2.47 bits per heavy atom. The topological polar surface area (TPSA) is 122 Å². The number of hydrogen-bond acceptors (Lipinski definition) is 8. The van der Waals surface area contributed by atoms with E-state index in [0.29, 0.717) is 52.1 Å². The Bertz CT molecular complexity index is 1600. The van der Waals surface area contributed by atoms with Gasteiger partial charge >= 0.3 is 5.97 Å². The minimum absolute atomic E-state index is 0.183. The third-order valence-electron chi connectivity index (χ3n) is 8.35. The van der Waals surface area contributed by atoms with Gasteiger partial charge in [0.25, 0.3) is 5.91 Å². The highest BCUT2D eigenvalue weighted by Gasteiger charge is 2.48. The number of nitrogens with zero attached hydrogens (tertiary/aromatic N) is 1. The van der Waals surface area contributed by atoms with Gasteiger partial charge in [-0.3, -0.25) is 14.6 Å². The van der Waals surface area contributed by atoms with Crippen molar-refractivity contribution < 1.29 is 28.5 Å². The molecule has 1 amide bonds. The van der Waals surface area contributed by atoms with Crippen LogP contribution in [-0.4, -0.2) is 42.2 Å². The van der Waals surface area contributed by atoms with E-state index in [0.717, 1.165) is 37.5 Å². The normalized spacial score (nSPS) is 19.5. The minimum atomic E-state index is -0.753. The first-order valence-electron chi connectivity index (χ1n) is 14.6. The Labute approximate surface area is 250 Å². The van der Waals surface area contributed by atoms with Gasteiger partial charge in [-0.05, 0) is 86.6 Å². The number of rotatable bonds is 11. The van der Waals surface area contributed by atoms with Crippen molar-refractivity contribution in [3.63, 3.8) is 0 Å². The minimum Gasteiger partial charge on any atom is -0.493 e. The fourth-order valence-corrected chi connectivity index (χ4v) is 6.00. The van der Waals surface area contributed by atoms with Crippen molar-refractivity contribution in [2.45, 2.75) is 50.2 Å². The highest BCUT2D eigenvalue weighted by Crippen LogP contribution is 2.50. The van der Waals surface area contributed by atoms with Crippen molar-refractivity contribution in [1.82, 2.24) is 4.98 Å². The van der Waals surface area contributed by atoms with Crippen LogP contribution in [0.2, 0.25) is 0 Å². The molecule has 0 aliphatic heterocycles. The number of fused-ring (bicyclic) bond motifs is 3. The number of anilines is 1. The Morgan fingerprint density at radius 2 is 1.77 bits per heavy atom. The summed E-state index contributed by atoms with van der Waals surface area (Å²) < 4.78 is 23.6. The van der Waals surface area contributed by atoms with Gasteiger partial charge in [-0.15, -0.1) is 0 Å². The van der Waals surface area contributed by atoms with E-state index < -0.39 is 6.04 Å². The lowest BCUT2D eigenvalue weighted by atomic mass is 9.97. The maximum Gasteiger partial charge on any atom is 0.323 e. The summed E-state index contributed by atoms with van der Waals surface area (Å²) in [6.45, 7) is 0.219. The SMILES string of the molecule is COc1cc2c(Oc3ccc(NC(=O)c4ccccc4)cc3)ccnc2cc1OCCC(N)C(=O)OC12CCC(CC1)C2. The van der Waals surface area contributed by atoms with Crippen LogP contribution in [0.5, 0.6) is 23.0 Å². The Hall–Kier alpha value is -4.63. The first-order chi connectivity index (χ1) is 20.9. The average molecular weight is 582 g/mol. The van der Waals surface area contributed by atoms with E-state index >= 15 is 0 Å². The van der Waals surface area contributed by atoms with E-state index in [1.165, 1.54) is 0 Å². The van der Waals surface area contributed by atoms with Crippen molar-refractivity contribution in [1.29, 1.82) is 0 Å². The summed E-state index contributed by atoms with van der Waals surface area (Å²) in [7, 11) is 1.56. The number of nitrogens with two attached hydrogens (primary N) is 1. The van der Waals surface area contributed by atoms with Crippen LogP contribution in [0.15, 0.2) is 79.0 Å². The molecule has 0 saturated heterocycles. The largest absolute Gasteiger partial charge is 0.493 e. The molecule has 2 saturated carbocycles. The standard InChI is InChI=1S/C34H35N3O6/c1-40-30-19-26-28(20-31(30)41-18-14-27(35)33(39)43-34-15-11-22(21-34)12-16-34)36-17-13-29(26)42-25-9-7-24(8-10-25)37-32(38)23-5-3-2-4-6-23/h2-10,13,17,19-20,22,27H,11-12,14-16,18,21,35H2,1H3,(H,37,38). The molecule has 9 nitrogen and oxygen atoms in total. The molecule has 9 heteroatoms. The van der Waals surface area contributed by atoms with Gasteiger partial charge in [0.05, 0.1) is 19.2 Å². The van der Waals surface area contributed by atoms with E-state index in [9.17, 15) is 9.59 Å². The molecule has 4 aromatic rings. The highest BCUT2D eigenvalue weighted by atomic mass is 16.6. The van der Waals surface area contributed by atoms with E-state index in [4.69, 9.17) is 24.7 Å². The van der Waals surface area contributed by atoms with Gasteiger partial charge in [0.1, 0.15) is 23.1 Å². The second kappa shape index (κ2) is 12.3. The van der Waals surface area contributed by atoms with Crippen LogP contribution in [-0.2, 0) is 9.53 Å². The van der Waals surface area contributed by atoms with E-state index in [1.54, 1.807) is 61.8 Å². The van der Waals surface area contributed by atoms with Crippen LogP contribution in [0.1, 0.15) is 48.9 Å². The van der Waals surface area contributed by atoms with E-state index in [2.05, 4.69) is 10.3 Å². The average Bonchev–Trinajstić information content (AvgIpc) is 3.63.